The molecule has 2 rings (SSSR count). The van der Waals surface area contributed by atoms with Crippen LogP contribution in [0.2, 0.25) is 0 Å². The van der Waals surface area contributed by atoms with Crippen molar-refractivity contribution in [1.82, 2.24) is 15.1 Å². The van der Waals surface area contributed by atoms with Crippen LogP contribution >= 0.6 is 0 Å². The van der Waals surface area contributed by atoms with Gasteiger partial charge in [-0.25, -0.2) is 0 Å². The summed E-state index contributed by atoms with van der Waals surface area (Å²) in [6.07, 6.45) is 1.94. The van der Waals surface area contributed by atoms with E-state index < -0.39 is 0 Å². The van der Waals surface area contributed by atoms with Gasteiger partial charge in [-0.2, -0.15) is 5.10 Å². The minimum absolute atomic E-state index is 0.306. The van der Waals surface area contributed by atoms with Crippen molar-refractivity contribution in [2.24, 2.45) is 7.05 Å². The molecule has 0 radical (unpaired) electrons. The summed E-state index contributed by atoms with van der Waals surface area (Å²) in [5.41, 5.74) is 4.91. The molecule has 3 nitrogen and oxygen atoms in total. The maximum Gasteiger partial charge on any atom is 0.0726 e. The molecule has 0 aliphatic rings. The summed E-state index contributed by atoms with van der Waals surface area (Å²) < 4.78 is 1.94. The number of nitrogens with one attached hydrogen (secondary N) is 1. The Morgan fingerprint density at radius 3 is 2.47 bits per heavy atom. The van der Waals surface area contributed by atoms with E-state index in [1.807, 2.05) is 25.0 Å². The van der Waals surface area contributed by atoms with Crippen LogP contribution in [0, 0.1) is 6.92 Å². The molecule has 1 unspecified atom stereocenters. The number of benzene rings is 1. The van der Waals surface area contributed by atoms with E-state index in [9.17, 15) is 0 Å². The van der Waals surface area contributed by atoms with Crippen LogP contribution < -0.4 is 5.32 Å². The Hall–Kier alpha value is -1.61. The Kier molecular flexibility index (Phi) is 3.29. The number of aromatic nitrogens is 2. The van der Waals surface area contributed by atoms with E-state index in [1.54, 1.807) is 0 Å². The molecule has 0 spiro atoms. The van der Waals surface area contributed by atoms with Gasteiger partial charge in [-0.15, -0.1) is 0 Å². The van der Waals surface area contributed by atoms with E-state index in [4.69, 9.17) is 0 Å². The minimum Gasteiger partial charge on any atom is -0.313 e. The molecule has 1 atom stereocenters. The summed E-state index contributed by atoms with van der Waals surface area (Å²) in [7, 11) is 3.96. The molecule has 0 bridgehead atoms. The lowest BCUT2D eigenvalue weighted by atomic mass is 10.0. The Morgan fingerprint density at radius 1 is 1.24 bits per heavy atom. The monoisotopic (exact) mass is 229 g/mol. The van der Waals surface area contributed by atoms with Gasteiger partial charge in [0.05, 0.1) is 11.9 Å². The van der Waals surface area contributed by atoms with Gasteiger partial charge in [0, 0.05) is 24.2 Å². The third-order valence-electron chi connectivity index (χ3n) is 3.19. The highest BCUT2D eigenvalue weighted by Crippen LogP contribution is 2.27. The fourth-order valence-corrected chi connectivity index (χ4v) is 1.99. The average Bonchev–Trinajstić information content (AvgIpc) is 2.71. The SMILES string of the molecule is CNC(C)c1cnn(C)c1-c1ccc(C)cc1. The van der Waals surface area contributed by atoms with Gasteiger partial charge in [0.25, 0.3) is 0 Å². The quantitative estimate of drug-likeness (QED) is 0.877. The van der Waals surface area contributed by atoms with Gasteiger partial charge in [-0.05, 0) is 20.9 Å². The van der Waals surface area contributed by atoms with Crippen LogP contribution in [-0.4, -0.2) is 16.8 Å². The lowest BCUT2D eigenvalue weighted by Crippen LogP contribution is -2.13. The normalized spacial score (nSPS) is 12.7. The first-order chi connectivity index (χ1) is 8.13. The Morgan fingerprint density at radius 2 is 1.88 bits per heavy atom. The molecule has 0 fully saturated rings. The minimum atomic E-state index is 0.306. The van der Waals surface area contributed by atoms with Crippen molar-refractivity contribution in [3.8, 4) is 11.3 Å². The fraction of sp³-hybridized carbons (Fsp3) is 0.357. The largest absolute Gasteiger partial charge is 0.313 e. The maximum absolute atomic E-state index is 4.36. The van der Waals surface area contributed by atoms with Crippen molar-refractivity contribution < 1.29 is 0 Å². The summed E-state index contributed by atoms with van der Waals surface area (Å²) in [4.78, 5) is 0. The lowest BCUT2D eigenvalue weighted by molar-refractivity contribution is 0.653. The molecule has 3 heteroatoms. The van der Waals surface area contributed by atoms with E-state index in [1.165, 1.54) is 22.4 Å². The van der Waals surface area contributed by atoms with Gasteiger partial charge < -0.3 is 5.32 Å². The number of hydrogen-bond donors (Lipinski definition) is 1. The van der Waals surface area contributed by atoms with Crippen LogP contribution in [0.1, 0.15) is 24.1 Å². The summed E-state index contributed by atoms with van der Waals surface area (Å²) in [6, 6.07) is 8.88. The standard InChI is InChI=1S/C14H19N3/c1-10-5-7-12(8-6-10)14-13(11(2)15-3)9-16-17(14)4/h5-9,11,15H,1-4H3. The van der Waals surface area contributed by atoms with Crippen LogP contribution in [-0.2, 0) is 7.05 Å². The second kappa shape index (κ2) is 4.72. The molecule has 1 aromatic carbocycles. The molecule has 2 aromatic rings. The van der Waals surface area contributed by atoms with E-state index in [0.717, 1.165) is 0 Å². The van der Waals surface area contributed by atoms with Gasteiger partial charge in [0.1, 0.15) is 0 Å². The van der Waals surface area contributed by atoms with Crippen molar-refractivity contribution in [2.45, 2.75) is 19.9 Å². The summed E-state index contributed by atoms with van der Waals surface area (Å²) in [5.74, 6) is 0. The van der Waals surface area contributed by atoms with E-state index in [0.29, 0.717) is 6.04 Å². The zero-order valence-corrected chi connectivity index (χ0v) is 10.9. The lowest BCUT2D eigenvalue weighted by Gasteiger charge is -2.12. The van der Waals surface area contributed by atoms with Gasteiger partial charge in [0.2, 0.25) is 0 Å². The fourth-order valence-electron chi connectivity index (χ4n) is 1.99. The van der Waals surface area contributed by atoms with Crippen LogP contribution in [0.25, 0.3) is 11.3 Å². The molecule has 0 amide bonds. The Balaban J connectivity index is 2.50. The zero-order valence-electron chi connectivity index (χ0n) is 10.9. The molecule has 90 valence electrons. The van der Waals surface area contributed by atoms with Gasteiger partial charge >= 0.3 is 0 Å². The van der Waals surface area contributed by atoms with Crippen LogP contribution in [0.5, 0.6) is 0 Å². The Bertz CT molecular complexity index is 497. The third-order valence-corrected chi connectivity index (χ3v) is 3.19. The molecule has 0 saturated heterocycles. The van der Waals surface area contributed by atoms with Crippen molar-refractivity contribution in [3.63, 3.8) is 0 Å². The predicted molar refractivity (Wildman–Crippen MR) is 70.9 cm³/mol. The van der Waals surface area contributed by atoms with E-state index >= 15 is 0 Å². The highest BCUT2D eigenvalue weighted by molar-refractivity contribution is 5.64. The average molecular weight is 229 g/mol. The number of hydrogen-bond acceptors (Lipinski definition) is 2. The topological polar surface area (TPSA) is 29.9 Å². The first-order valence-electron chi connectivity index (χ1n) is 5.89. The highest BCUT2D eigenvalue weighted by Gasteiger charge is 2.14. The molecule has 0 saturated carbocycles. The van der Waals surface area contributed by atoms with Gasteiger partial charge in [-0.3, -0.25) is 4.68 Å². The van der Waals surface area contributed by atoms with Crippen LogP contribution in [0.15, 0.2) is 30.5 Å². The summed E-state index contributed by atoms with van der Waals surface area (Å²) in [5, 5.41) is 7.62. The molecule has 17 heavy (non-hydrogen) atoms. The summed E-state index contributed by atoms with van der Waals surface area (Å²) in [6.45, 7) is 4.25. The molecule has 0 aliphatic heterocycles. The molecule has 0 aliphatic carbocycles. The second-order valence-electron chi connectivity index (χ2n) is 4.45. The summed E-state index contributed by atoms with van der Waals surface area (Å²) >= 11 is 0. The van der Waals surface area contributed by atoms with Gasteiger partial charge in [-0.1, -0.05) is 29.8 Å². The maximum atomic E-state index is 4.36. The number of aryl methyl sites for hydroxylation is 2. The van der Waals surface area contributed by atoms with Crippen molar-refractivity contribution >= 4 is 0 Å². The molecule has 1 aromatic heterocycles. The predicted octanol–water partition coefficient (Wildman–Crippen LogP) is 2.68. The first kappa shape index (κ1) is 11.9. The van der Waals surface area contributed by atoms with E-state index in [2.05, 4.69) is 48.5 Å². The smallest absolute Gasteiger partial charge is 0.0726 e. The van der Waals surface area contributed by atoms with Crippen molar-refractivity contribution in [1.29, 1.82) is 0 Å². The molecular formula is C14H19N3. The highest BCUT2D eigenvalue weighted by atomic mass is 15.3. The van der Waals surface area contributed by atoms with Crippen molar-refractivity contribution in [2.75, 3.05) is 7.05 Å². The first-order valence-corrected chi connectivity index (χ1v) is 5.89. The Labute approximate surface area is 102 Å². The van der Waals surface area contributed by atoms with Gasteiger partial charge in [0.15, 0.2) is 0 Å². The molecule has 1 N–H and O–H groups in total. The van der Waals surface area contributed by atoms with Crippen LogP contribution in [0.3, 0.4) is 0 Å². The van der Waals surface area contributed by atoms with Crippen molar-refractivity contribution in [3.05, 3.63) is 41.6 Å². The second-order valence-corrected chi connectivity index (χ2v) is 4.45. The number of nitrogens with zero attached hydrogens (tertiary/aromatic N) is 2. The molecular weight excluding hydrogens is 210 g/mol. The number of rotatable bonds is 3. The molecule has 1 heterocycles. The third kappa shape index (κ3) is 2.24. The van der Waals surface area contributed by atoms with E-state index in [-0.39, 0.29) is 0 Å². The zero-order chi connectivity index (χ0) is 12.4. The van der Waals surface area contributed by atoms with Crippen LogP contribution in [0.4, 0.5) is 0 Å².